The van der Waals surface area contributed by atoms with Crippen LogP contribution in [0.4, 0.5) is 5.69 Å². The normalized spacial score (nSPS) is 12.9. The minimum atomic E-state index is -0.841. The van der Waals surface area contributed by atoms with Crippen LogP contribution in [0.1, 0.15) is 37.4 Å². The molecule has 1 aromatic heterocycles. The highest BCUT2D eigenvalue weighted by molar-refractivity contribution is 6.28. The summed E-state index contributed by atoms with van der Waals surface area (Å²) in [5.41, 5.74) is -0.402. The molecule has 0 atom stereocenters. The molecule has 3 N–H and O–H groups in total. The maximum Gasteiger partial charge on any atom is 0.328 e. The fraction of sp³-hybridized carbons (Fsp3) is 0. The van der Waals surface area contributed by atoms with Crippen LogP contribution < -0.4 is 11.2 Å². The first-order valence-corrected chi connectivity index (χ1v) is 7.88. The summed E-state index contributed by atoms with van der Waals surface area (Å²) in [6, 6.07) is 11.0. The topological polar surface area (TPSA) is 132 Å². The number of hydrogen-bond donors (Lipinski definition) is 3. The Morgan fingerprint density at radius 3 is 2.11 bits per heavy atom. The van der Waals surface area contributed by atoms with Crippen LogP contribution in [0.25, 0.3) is 0 Å². The molecule has 2 aromatic carbocycles. The van der Waals surface area contributed by atoms with Crippen molar-refractivity contribution in [3.63, 3.8) is 0 Å². The maximum atomic E-state index is 12.7. The van der Waals surface area contributed by atoms with Gasteiger partial charge in [0.15, 0.2) is 11.6 Å². The number of ketones is 2. The van der Waals surface area contributed by atoms with Gasteiger partial charge in [0, 0.05) is 28.5 Å². The van der Waals surface area contributed by atoms with Gasteiger partial charge in [-0.1, -0.05) is 24.3 Å². The molecule has 8 heteroatoms. The standard InChI is InChI=1S/C19H11N3O5/c23-15-10-3-1-2-4-11(10)16(24)13-7-9(5-6-12(13)15)20-8-14-17(25)21-19(27)22-18(14)26/h1-8H,(H3,21,22,25,26,27). The summed E-state index contributed by atoms with van der Waals surface area (Å²) in [6.45, 7) is 0. The van der Waals surface area contributed by atoms with Crippen LogP contribution in [-0.4, -0.2) is 32.9 Å². The highest BCUT2D eigenvalue weighted by atomic mass is 16.3. The zero-order valence-corrected chi connectivity index (χ0v) is 13.6. The molecular formula is C19H11N3O5. The van der Waals surface area contributed by atoms with E-state index in [0.717, 1.165) is 6.21 Å². The average Bonchev–Trinajstić information content (AvgIpc) is 2.65. The fourth-order valence-corrected chi connectivity index (χ4v) is 2.91. The van der Waals surface area contributed by atoms with E-state index in [1.54, 1.807) is 24.3 Å². The number of carbonyl (C=O) groups excluding carboxylic acids is 2. The Hall–Kier alpha value is -4.07. The third-order valence-corrected chi connectivity index (χ3v) is 4.21. The number of hydrogen-bond acceptors (Lipinski definition) is 6. The van der Waals surface area contributed by atoms with Crippen molar-refractivity contribution < 1.29 is 14.7 Å². The molecule has 4 rings (SSSR count). The van der Waals surface area contributed by atoms with E-state index in [1.807, 2.05) is 9.97 Å². The molecular weight excluding hydrogens is 350 g/mol. The molecule has 0 amide bonds. The van der Waals surface area contributed by atoms with Crippen molar-refractivity contribution in [1.29, 1.82) is 0 Å². The van der Waals surface area contributed by atoms with Gasteiger partial charge >= 0.3 is 5.69 Å². The van der Waals surface area contributed by atoms with Crippen LogP contribution in [0.15, 0.2) is 57.0 Å². The summed E-state index contributed by atoms with van der Waals surface area (Å²) in [5.74, 6) is -1.15. The average molecular weight is 361 g/mol. The predicted octanol–water partition coefficient (Wildman–Crippen LogP) is 1.29. The summed E-state index contributed by atoms with van der Waals surface area (Å²) < 4.78 is 0. The molecule has 3 aromatic rings. The third kappa shape index (κ3) is 2.69. The molecule has 0 radical (unpaired) electrons. The molecule has 0 fully saturated rings. The Morgan fingerprint density at radius 1 is 0.815 bits per heavy atom. The molecule has 0 unspecified atom stereocenters. The number of rotatable bonds is 2. The second-order valence-corrected chi connectivity index (χ2v) is 5.86. The number of aromatic amines is 2. The van der Waals surface area contributed by atoms with Crippen molar-refractivity contribution >= 4 is 23.5 Å². The lowest BCUT2D eigenvalue weighted by Crippen LogP contribution is -2.24. The van der Waals surface area contributed by atoms with Gasteiger partial charge in [-0.25, -0.2) is 4.79 Å². The quantitative estimate of drug-likeness (QED) is 0.463. The minimum absolute atomic E-state index is 0.216. The number of H-pyrrole nitrogens is 2. The minimum Gasteiger partial charge on any atom is -0.494 e. The predicted molar refractivity (Wildman–Crippen MR) is 96.4 cm³/mol. The van der Waals surface area contributed by atoms with E-state index in [9.17, 15) is 24.3 Å². The van der Waals surface area contributed by atoms with Gasteiger partial charge in [-0.05, 0) is 18.2 Å². The van der Waals surface area contributed by atoms with E-state index < -0.39 is 17.1 Å². The van der Waals surface area contributed by atoms with E-state index >= 15 is 0 Å². The molecule has 0 spiro atoms. The molecule has 0 bridgehead atoms. The molecule has 132 valence electrons. The molecule has 8 nitrogen and oxygen atoms in total. The molecule has 0 saturated carbocycles. The zero-order valence-electron chi connectivity index (χ0n) is 13.6. The zero-order chi connectivity index (χ0) is 19.1. The second-order valence-electron chi connectivity index (χ2n) is 5.86. The molecule has 1 aliphatic carbocycles. The second kappa shape index (κ2) is 6.03. The molecule has 0 aliphatic heterocycles. The Morgan fingerprint density at radius 2 is 1.44 bits per heavy atom. The van der Waals surface area contributed by atoms with Crippen molar-refractivity contribution in [2.24, 2.45) is 4.99 Å². The van der Waals surface area contributed by atoms with Crippen LogP contribution in [0.5, 0.6) is 5.88 Å². The van der Waals surface area contributed by atoms with Gasteiger partial charge in [0.05, 0.1) is 5.69 Å². The Balaban J connectivity index is 1.76. The lowest BCUT2D eigenvalue weighted by Gasteiger charge is -2.17. The van der Waals surface area contributed by atoms with Gasteiger partial charge in [0.1, 0.15) is 5.56 Å². The lowest BCUT2D eigenvalue weighted by molar-refractivity contribution is 0.0979. The number of benzene rings is 2. The molecule has 1 aliphatic rings. The van der Waals surface area contributed by atoms with E-state index in [-0.39, 0.29) is 28.3 Å². The molecule has 0 saturated heterocycles. The number of nitrogens with zero attached hydrogens (tertiary/aromatic N) is 1. The Bertz CT molecular complexity index is 1270. The van der Waals surface area contributed by atoms with Gasteiger partial charge in [0.2, 0.25) is 5.88 Å². The lowest BCUT2D eigenvalue weighted by atomic mass is 9.84. The molecule has 1 heterocycles. The first kappa shape index (κ1) is 16.4. The van der Waals surface area contributed by atoms with Crippen LogP contribution in [0.2, 0.25) is 0 Å². The summed E-state index contributed by atoms with van der Waals surface area (Å²) in [4.78, 5) is 56.1. The largest absolute Gasteiger partial charge is 0.494 e. The van der Waals surface area contributed by atoms with E-state index in [1.165, 1.54) is 18.2 Å². The number of carbonyl (C=O) groups is 2. The highest BCUT2D eigenvalue weighted by Crippen LogP contribution is 2.29. The van der Waals surface area contributed by atoms with Crippen molar-refractivity contribution in [2.75, 3.05) is 0 Å². The summed E-state index contributed by atoms with van der Waals surface area (Å²) >= 11 is 0. The van der Waals surface area contributed by atoms with Crippen molar-refractivity contribution in [3.8, 4) is 5.88 Å². The maximum absolute atomic E-state index is 12.7. The summed E-state index contributed by atoms with van der Waals surface area (Å²) in [7, 11) is 0. The van der Waals surface area contributed by atoms with E-state index in [2.05, 4.69) is 4.99 Å². The van der Waals surface area contributed by atoms with Gasteiger partial charge in [-0.15, -0.1) is 0 Å². The van der Waals surface area contributed by atoms with Crippen molar-refractivity contribution in [2.45, 2.75) is 0 Å². The Labute approximate surface area is 150 Å². The van der Waals surface area contributed by atoms with Crippen molar-refractivity contribution in [1.82, 2.24) is 9.97 Å². The monoisotopic (exact) mass is 361 g/mol. The number of aromatic nitrogens is 2. The van der Waals surface area contributed by atoms with E-state index in [4.69, 9.17) is 0 Å². The van der Waals surface area contributed by atoms with Crippen LogP contribution >= 0.6 is 0 Å². The smallest absolute Gasteiger partial charge is 0.328 e. The Kier molecular flexibility index (Phi) is 3.66. The first-order valence-electron chi connectivity index (χ1n) is 7.88. The fourth-order valence-electron chi connectivity index (χ4n) is 2.91. The van der Waals surface area contributed by atoms with Gasteiger partial charge < -0.3 is 5.11 Å². The van der Waals surface area contributed by atoms with Crippen LogP contribution in [0, 0.1) is 0 Å². The van der Waals surface area contributed by atoms with Gasteiger partial charge in [0.25, 0.3) is 5.56 Å². The van der Waals surface area contributed by atoms with Crippen molar-refractivity contribution in [3.05, 3.63) is 91.1 Å². The number of nitrogens with one attached hydrogen (secondary N) is 2. The molecule has 27 heavy (non-hydrogen) atoms. The van der Waals surface area contributed by atoms with Crippen LogP contribution in [-0.2, 0) is 0 Å². The summed E-state index contributed by atoms with van der Waals surface area (Å²) in [5, 5.41) is 9.66. The van der Waals surface area contributed by atoms with Gasteiger partial charge in [-0.3, -0.25) is 29.3 Å². The number of aliphatic imine (C=N–C) groups is 1. The van der Waals surface area contributed by atoms with Gasteiger partial charge in [-0.2, -0.15) is 0 Å². The summed E-state index contributed by atoms with van der Waals surface area (Å²) in [6.07, 6.45) is 1.06. The highest BCUT2D eigenvalue weighted by Gasteiger charge is 2.29. The third-order valence-electron chi connectivity index (χ3n) is 4.21. The number of aromatic hydroxyl groups is 1. The van der Waals surface area contributed by atoms with Crippen LogP contribution in [0.3, 0.4) is 0 Å². The SMILES string of the molecule is O=C1c2ccccc2C(=O)c2cc(N=Cc3c(O)[nH]c(=O)[nH]c3=O)ccc21. The number of fused-ring (bicyclic) bond motifs is 2. The first-order chi connectivity index (χ1) is 13.0. The van der Waals surface area contributed by atoms with E-state index in [0.29, 0.717) is 16.8 Å².